The van der Waals surface area contributed by atoms with Crippen molar-refractivity contribution in [2.45, 2.75) is 20.3 Å². The molecule has 0 saturated carbocycles. The molecule has 0 aliphatic heterocycles. The molecule has 2 rings (SSSR count). The van der Waals surface area contributed by atoms with Crippen molar-refractivity contribution in [2.75, 3.05) is 5.32 Å². The van der Waals surface area contributed by atoms with E-state index in [9.17, 15) is 9.90 Å². The first-order valence-electron chi connectivity index (χ1n) is 8.29. The maximum atomic E-state index is 12.1. The topological polar surface area (TPSA) is 58.6 Å². The van der Waals surface area contributed by atoms with Crippen molar-refractivity contribution in [3.8, 4) is 11.5 Å². The molecule has 0 atom stereocenters. The first kappa shape index (κ1) is 19.1. The van der Waals surface area contributed by atoms with E-state index in [4.69, 9.17) is 4.74 Å². The number of aromatic hydroxyl groups is 1. The van der Waals surface area contributed by atoms with E-state index in [1.807, 2.05) is 26.0 Å². The summed E-state index contributed by atoms with van der Waals surface area (Å²) in [6.45, 7) is 7.54. The number of anilines is 1. The second kappa shape index (κ2) is 9.28. The van der Waals surface area contributed by atoms with Crippen molar-refractivity contribution in [3.63, 3.8) is 0 Å². The number of allylic oxidation sites excluding steroid dienone is 5. The summed E-state index contributed by atoms with van der Waals surface area (Å²) in [5.41, 5.74) is 2.59. The molecule has 2 aromatic carbocycles. The third-order valence-electron chi connectivity index (χ3n) is 3.62. The Kier molecular flexibility index (Phi) is 6.80. The van der Waals surface area contributed by atoms with Crippen molar-refractivity contribution in [2.24, 2.45) is 0 Å². The predicted octanol–water partition coefficient (Wildman–Crippen LogP) is 4.99. The Labute approximate surface area is 154 Å². The molecule has 0 spiro atoms. The third kappa shape index (κ3) is 6.32. The summed E-state index contributed by atoms with van der Waals surface area (Å²) in [5, 5.41) is 12.1. The van der Waals surface area contributed by atoms with Gasteiger partial charge in [-0.25, -0.2) is 0 Å². The molecule has 0 aliphatic carbocycles. The molecular weight excluding hydrogens is 326 g/mol. The van der Waals surface area contributed by atoms with Gasteiger partial charge in [-0.3, -0.25) is 4.79 Å². The Morgan fingerprint density at radius 1 is 1.08 bits per heavy atom. The molecule has 0 aliphatic rings. The largest absolute Gasteiger partial charge is 0.508 e. The maximum absolute atomic E-state index is 12.1. The van der Waals surface area contributed by atoms with Gasteiger partial charge in [0.05, 0.1) is 6.42 Å². The third-order valence-corrected chi connectivity index (χ3v) is 3.62. The molecule has 0 radical (unpaired) electrons. The van der Waals surface area contributed by atoms with Crippen molar-refractivity contribution in [3.05, 3.63) is 90.2 Å². The van der Waals surface area contributed by atoms with E-state index < -0.39 is 0 Å². The van der Waals surface area contributed by atoms with Crippen molar-refractivity contribution < 1.29 is 14.6 Å². The fraction of sp³-hybridized carbons (Fsp3) is 0.136. The molecule has 0 unspecified atom stereocenters. The lowest BCUT2D eigenvalue weighted by Crippen LogP contribution is -2.14. The minimum absolute atomic E-state index is 0.120. The zero-order chi connectivity index (χ0) is 18.9. The fourth-order valence-corrected chi connectivity index (χ4v) is 2.15. The van der Waals surface area contributed by atoms with Crippen LogP contribution in [0.1, 0.15) is 19.4 Å². The number of carbonyl (C=O) groups is 1. The number of phenols is 1. The van der Waals surface area contributed by atoms with Crippen LogP contribution in [0.25, 0.3) is 0 Å². The molecule has 26 heavy (non-hydrogen) atoms. The zero-order valence-electron chi connectivity index (χ0n) is 15.0. The quantitative estimate of drug-likeness (QED) is 0.547. The smallest absolute Gasteiger partial charge is 0.228 e. The second-order valence-electron chi connectivity index (χ2n) is 5.91. The Hall–Kier alpha value is -3.27. The van der Waals surface area contributed by atoms with Crippen LogP contribution in [0.2, 0.25) is 0 Å². The number of amides is 1. The highest BCUT2D eigenvalue weighted by Crippen LogP contribution is 2.18. The lowest BCUT2D eigenvalue weighted by Gasteiger charge is -2.08. The molecule has 2 aromatic rings. The highest BCUT2D eigenvalue weighted by atomic mass is 16.5. The number of ether oxygens (including phenoxy) is 1. The number of nitrogens with one attached hydrogen (secondary N) is 1. The van der Waals surface area contributed by atoms with Gasteiger partial charge in [-0.15, -0.1) is 0 Å². The van der Waals surface area contributed by atoms with Gasteiger partial charge < -0.3 is 15.2 Å². The minimum Gasteiger partial charge on any atom is -0.508 e. The van der Waals surface area contributed by atoms with Crippen LogP contribution in [-0.4, -0.2) is 11.0 Å². The van der Waals surface area contributed by atoms with Gasteiger partial charge in [0, 0.05) is 5.69 Å². The summed E-state index contributed by atoms with van der Waals surface area (Å²) in [6, 6.07) is 13.8. The van der Waals surface area contributed by atoms with Gasteiger partial charge in [0.25, 0.3) is 0 Å². The number of rotatable bonds is 7. The monoisotopic (exact) mass is 349 g/mol. The highest BCUT2D eigenvalue weighted by molar-refractivity contribution is 5.92. The molecular formula is C22H23NO3. The Balaban J connectivity index is 1.91. The fourth-order valence-electron chi connectivity index (χ4n) is 2.15. The number of benzene rings is 2. The molecule has 0 aromatic heterocycles. The van der Waals surface area contributed by atoms with Crippen LogP contribution in [0, 0.1) is 0 Å². The van der Waals surface area contributed by atoms with Crippen molar-refractivity contribution in [1.82, 2.24) is 0 Å². The average Bonchev–Trinajstić information content (AvgIpc) is 2.63. The van der Waals surface area contributed by atoms with Crippen LogP contribution < -0.4 is 10.1 Å². The zero-order valence-corrected chi connectivity index (χ0v) is 15.0. The first-order chi connectivity index (χ1) is 12.5. The molecule has 4 heteroatoms. The number of hydrogen-bond acceptors (Lipinski definition) is 3. The number of carbonyl (C=O) groups excluding carboxylic acids is 1. The van der Waals surface area contributed by atoms with Gasteiger partial charge in [0.15, 0.2) is 0 Å². The van der Waals surface area contributed by atoms with Crippen LogP contribution in [0.3, 0.4) is 0 Å². The summed E-state index contributed by atoms with van der Waals surface area (Å²) >= 11 is 0. The van der Waals surface area contributed by atoms with E-state index in [1.54, 1.807) is 54.6 Å². The van der Waals surface area contributed by atoms with E-state index in [0.29, 0.717) is 11.4 Å². The summed E-state index contributed by atoms with van der Waals surface area (Å²) in [7, 11) is 0. The number of phenolic OH excluding ortho intramolecular Hbond substituents is 1. The van der Waals surface area contributed by atoms with Gasteiger partial charge in [-0.05, 0) is 61.9 Å². The Bertz CT molecular complexity index is 815. The average molecular weight is 349 g/mol. The van der Waals surface area contributed by atoms with E-state index in [1.165, 1.54) is 0 Å². The summed E-state index contributed by atoms with van der Waals surface area (Å²) in [6.07, 6.45) is 5.83. The normalized spacial score (nSPS) is 11.8. The Morgan fingerprint density at radius 3 is 2.35 bits per heavy atom. The predicted molar refractivity (Wildman–Crippen MR) is 105 cm³/mol. The lowest BCUT2D eigenvalue weighted by molar-refractivity contribution is -0.115. The van der Waals surface area contributed by atoms with E-state index >= 15 is 0 Å². The molecule has 0 heterocycles. The van der Waals surface area contributed by atoms with Crippen molar-refractivity contribution >= 4 is 11.6 Å². The molecule has 0 bridgehead atoms. The van der Waals surface area contributed by atoms with Crippen LogP contribution in [0.15, 0.2) is 84.7 Å². The minimum atomic E-state index is -0.120. The lowest BCUT2D eigenvalue weighted by atomic mass is 10.1. The summed E-state index contributed by atoms with van der Waals surface area (Å²) in [4.78, 5) is 12.1. The van der Waals surface area contributed by atoms with E-state index in [0.717, 1.165) is 16.9 Å². The maximum Gasteiger partial charge on any atom is 0.228 e. The summed E-state index contributed by atoms with van der Waals surface area (Å²) in [5.74, 6) is 1.52. The Morgan fingerprint density at radius 2 is 1.73 bits per heavy atom. The molecule has 4 nitrogen and oxygen atoms in total. The molecule has 2 N–H and O–H groups in total. The first-order valence-corrected chi connectivity index (χ1v) is 8.29. The highest BCUT2D eigenvalue weighted by Gasteiger charge is 2.05. The number of hydrogen-bond donors (Lipinski definition) is 2. The van der Waals surface area contributed by atoms with Gasteiger partial charge in [0.2, 0.25) is 5.91 Å². The second-order valence-corrected chi connectivity index (χ2v) is 5.91. The molecule has 1 amide bonds. The molecule has 0 fully saturated rings. The SMILES string of the molecule is C=C/C(C)=C\C=C(/C)Oc1ccc(NC(=O)Cc2ccc(O)cc2)cc1. The van der Waals surface area contributed by atoms with Crippen molar-refractivity contribution in [1.29, 1.82) is 0 Å². The van der Waals surface area contributed by atoms with Crippen LogP contribution in [0.4, 0.5) is 5.69 Å². The molecule has 134 valence electrons. The van der Waals surface area contributed by atoms with E-state index in [-0.39, 0.29) is 18.1 Å². The molecule has 0 saturated heterocycles. The summed E-state index contributed by atoms with van der Waals surface area (Å²) < 4.78 is 5.72. The van der Waals surface area contributed by atoms with Crippen LogP contribution >= 0.6 is 0 Å². The van der Waals surface area contributed by atoms with Gasteiger partial charge >= 0.3 is 0 Å². The van der Waals surface area contributed by atoms with E-state index in [2.05, 4.69) is 11.9 Å². The van der Waals surface area contributed by atoms with Gasteiger partial charge in [0.1, 0.15) is 17.3 Å². The van der Waals surface area contributed by atoms with Gasteiger partial charge in [-0.1, -0.05) is 36.4 Å². The standard InChI is InChI=1S/C22H23NO3/c1-4-16(2)5-6-17(3)26-21-13-9-19(10-14-21)23-22(25)15-18-7-11-20(24)12-8-18/h4-14,24H,1,15H2,2-3H3,(H,23,25)/b16-5-,17-6+. The van der Waals surface area contributed by atoms with Gasteiger partial charge in [-0.2, -0.15) is 0 Å². The van der Waals surface area contributed by atoms with Crippen LogP contribution in [-0.2, 0) is 11.2 Å². The van der Waals surface area contributed by atoms with Crippen LogP contribution in [0.5, 0.6) is 11.5 Å².